The van der Waals surface area contributed by atoms with E-state index >= 15 is 0 Å². The van der Waals surface area contributed by atoms with Gasteiger partial charge in [-0.15, -0.1) is 0 Å². The molecule has 0 heterocycles. The molecule has 4 nitrogen and oxygen atoms in total. The second kappa shape index (κ2) is 7.99. The molecule has 0 amide bonds. The van der Waals surface area contributed by atoms with E-state index in [1.807, 2.05) is 20.8 Å². The predicted molar refractivity (Wildman–Crippen MR) is 110 cm³/mol. The Kier molecular flexibility index (Phi) is 6.18. The van der Waals surface area contributed by atoms with Crippen LogP contribution in [0, 0.1) is 28.6 Å². The van der Waals surface area contributed by atoms with Gasteiger partial charge in [-0.25, -0.2) is 0 Å². The molecule has 4 heteroatoms. The lowest BCUT2D eigenvalue weighted by Crippen LogP contribution is -2.58. The molecule has 4 fully saturated rings. The number of hydrogen-bond acceptors (Lipinski definition) is 4. The Morgan fingerprint density at radius 3 is 1.93 bits per heavy atom. The average Bonchev–Trinajstić information content (AvgIpc) is 2.63. The molecule has 0 saturated heterocycles. The van der Waals surface area contributed by atoms with Crippen molar-refractivity contribution in [3.63, 3.8) is 0 Å². The standard InChI is InChI=1S/C24H40O4/c1-6-22(3,4)21(26)27-10-8-9-20(25)28-23(5,7-2)24-14-17-11-18(15-24)13-19(12-17)16-24/h17-19H,6-16H2,1-5H3. The minimum absolute atomic E-state index is 0.133. The molecule has 28 heavy (non-hydrogen) atoms. The van der Waals surface area contributed by atoms with Crippen molar-refractivity contribution in [2.75, 3.05) is 6.61 Å². The topological polar surface area (TPSA) is 52.6 Å². The van der Waals surface area contributed by atoms with Crippen molar-refractivity contribution in [2.24, 2.45) is 28.6 Å². The van der Waals surface area contributed by atoms with E-state index in [0.717, 1.165) is 30.6 Å². The summed E-state index contributed by atoms with van der Waals surface area (Å²) in [4.78, 5) is 24.7. The number of carbonyl (C=O) groups excluding carboxylic acids is 2. The first-order chi connectivity index (χ1) is 13.1. The van der Waals surface area contributed by atoms with Crippen molar-refractivity contribution in [3.8, 4) is 0 Å². The van der Waals surface area contributed by atoms with Crippen molar-refractivity contribution < 1.29 is 19.1 Å². The fourth-order valence-corrected chi connectivity index (χ4v) is 6.34. The molecule has 4 rings (SSSR count). The first kappa shape index (κ1) is 21.6. The van der Waals surface area contributed by atoms with Gasteiger partial charge >= 0.3 is 11.9 Å². The van der Waals surface area contributed by atoms with Gasteiger partial charge in [0.1, 0.15) is 5.60 Å². The van der Waals surface area contributed by atoms with Crippen LogP contribution in [0.5, 0.6) is 0 Å². The minimum Gasteiger partial charge on any atom is -0.465 e. The van der Waals surface area contributed by atoms with E-state index < -0.39 is 5.41 Å². The van der Waals surface area contributed by atoms with Crippen molar-refractivity contribution in [1.29, 1.82) is 0 Å². The Labute approximate surface area is 171 Å². The summed E-state index contributed by atoms with van der Waals surface area (Å²) in [6.07, 6.45) is 10.4. The molecule has 0 aromatic heterocycles. The molecule has 0 aromatic carbocycles. The lowest BCUT2D eigenvalue weighted by Gasteiger charge is -2.62. The summed E-state index contributed by atoms with van der Waals surface area (Å²) >= 11 is 0. The smallest absolute Gasteiger partial charge is 0.311 e. The fourth-order valence-electron chi connectivity index (χ4n) is 6.34. The second-order valence-corrected chi connectivity index (χ2v) is 10.7. The maximum atomic E-state index is 12.6. The number of ether oxygens (including phenoxy) is 2. The van der Waals surface area contributed by atoms with Crippen LogP contribution in [0.15, 0.2) is 0 Å². The highest BCUT2D eigenvalue weighted by Crippen LogP contribution is 2.65. The molecule has 0 spiro atoms. The summed E-state index contributed by atoms with van der Waals surface area (Å²) in [5.74, 6) is 2.22. The van der Waals surface area contributed by atoms with Gasteiger partial charge in [0.15, 0.2) is 0 Å². The highest BCUT2D eigenvalue weighted by atomic mass is 16.6. The molecule has 1 atom stereocenters. The van der Waals surface area contributed by atoms with E-state index in [0.29, 0.717) is 12.8 Å². The highest BCUT2D eigenvalue weighted by molar-refractivity contribution is 5.75. The van der Waals surface area contributed by atoms with Gasteiger partial charge < -0.3 is 9.47 Å². The van der Waals surface area contributed by atoms with Gasteiger partial charge in [0.05, 0.1) is 12.0 Å². The summed E-state index contributed by atoms with van der Waals surface area (Å²) in [5, 5.41) is 0. The molecule has 1 unspecified atom stereocenters. The maximum absolute atomic E-state index is 12.6. The molecule has 0 radical (unpaired) electrons. The third-order valence-corrected chi connectivity index (χ3v) is 8.37. The predicted octanol–water partition coefficient (Wildman–Crippen LogP) is 5.67. The van der Waals surface area contributed by atoms with Crippen molar-refractivity contribution in [1.82, 2.24) is 0 Å². The molecular weight excluding hydrogens is 352 g/mol. The molecule has 0 aliphatic heterocycles. The summed E-state index contributed by atoms with van der Waals surface area (Å²) < 4.78 is 11.5. The highest BCUT2D eigenvalue weighted by Gasteiger charge is 2.59. The summed E-state index contributed by atoms with van der Waals surface area (Å²) in [6.45, 7) is 10.4. The van der Waals surface area contributed by atoms with Crippen molar-refractivity contribution in [3.05, 3.63) is 0 Å². The third-order valence-electron chi connectivity index (χ3n) is 8.37. The average molecular weight is 393 g/mol. The van der Waals surface area contributed by atoms with Gasteiger partial charge in [0.2, 0.25) is 0 Å². The quantitative estimate of drug-likeness (QED) is 0.374. The molecule has 0 N–H and O–H groups in total. The number of esters is 2. The van der Waals surface area contributed by atoms with Crippen molar-refractivity contribution >= 4 is 11.9 Å². The molecule has 4 aliphatic carbocycles. The Bertz CT molecular complexity index is 558. The number of carbonyl (C=O) groups is 2. The van der Waals surface area contributed by atoms with Crippen LogP contribution in [0.4, 0.5) is 0 Å². The van der Waals surface area contributed by atoms with E-state index in [1.54, 1.807) is 0 Å². The number of rotatable bonds is 9. The molecule has 0 aromatic rings. The fraction of sp³-hybridized carbons (Fsp3) is 0.917. The summed E-state index contributed by atoms with van der Waals surface area (Å²) in [7, 11) is 0. The molecule has 160 valence electrons. The monoisotopic (exact) mass is 392 g/mol. The van der Waals surface area contributed by atoms with Crippen LogP contribution in [0.3, 0.4) is 0 Å². The normalized spacial score (nSPS) is 33.4. The van der Waals surface area contributed by atoms with Crippen LogP contribution in [0.2, 0.25) is 0 Å². The Morgan fingerprint density at radius 2 is 1.46 bits per heavy atom. The zero-order valence-electron chi connectivity index (χ0n) is 18.6. The number of hydrogen-bond donors (Lipinski definition) is 0. The van der Waals surface area contributed by atoms with Crippen LogP contribution in [0.1, 0.15) is 98.8 Å². The molecule has 4 bridgehead atoms. The first-order valence-corrected chi connectivity index (χ1v) is 11.5. The summed E-state index contributed by atoms with van der Waals surface area (Å²) in [5.41, 5.74) is -0.634. The van der Waals surface area contributed by atoms with Gasteiger partial charge in [-0.2, -0.15) is 0 Å². The maximum Gasteiger partial charge on any atom is 0.311 e. The van der Waals surface area contributed by atoms with E-state index in [-0.39, 0.29) is 29.6 Å². The SMILES string of the molecule is CCC(C)(C)C(=O)OCCCC(=O)OC(C)(CC)C12CC3CC(CC(C3)C1)C2. The van der Waals surface area contributed by atoms with E-state index in [9.17, 15) is 9.59 Å². The zero-order chi connectivity index (χ0) is 20.6. The minimum atomic E-state index is -0.459. The third kappa shape index (κ3) is 4.11. The second-order valence-electron chi connectivity index (χ2n) is 10.7. The summed E-state index contributed by atoms with van der Waals surface area (Å²) in [6, 6.07) is 0. The molecular formula is C24H40O4. The van der Waals surface area contributed by atoms with Crippen LogP contribution >= 0.6 is 0 Å². The Balaban J connectivity index is 1.52. The van der Waals surface area contributed by atoms with E-state index in [2.05, 4.69) is 13.8 Å². The van der Waals surface area contributed by atoms with Gasteiger partial charge in [-0.1, -0.05) is 13.8 Å². The van der Waals surface area contributed by atoms with E-state index in [4.69, 9.17) is 9.47 Å². The van der Waals surface area contributed by atoms with Crippen LogP contribution in [-0.2, 0) is 19.1 Å². The van der Waals surface area contributed by atoms with Crippen LogP contribution in [0.25, 0.3) is 0 Å². The van der Waals surface area contributed by atoms with Gasteiger partial charge in [0, 0.05) is 11.8 Å². The lowest BCUT2D eigenvalue weighted by molar-refractivity contribution is -0.205. The van der Waals surface area contributed by atoms with Crippen LogP contribution in [-0.4, -0.2) is 24.1 Å². The Hall–Kier alpha value is -1.06. The van der Waals surface area contributed by atoms with Crippen molar-refractivity contribution in [2.45, 2.75) is 104 Å². The molecule has 4 saturated carbocycles. The van der Waals surface area contributed by atoms with Crippen LogP contribution < -0.4 is 0 Å². The first-order valence-electron chi connectivity index (χ1n) is 11.5. The van der Waals surface area contributed by atoms with Gasteiger partial charge in [0.25, 0.3) is 0 Å². The largest absolute Gasteiger partial charge is 0.465 e. The molecule has 4 aliphatic rings. The zero-order valence-corrected chi connectivity index (χ0v) is 18.6. The van der Waals surface area contributed by atoms with E-state index in [1.165, 1.54) is 38.5 Å². The lowest BCUT2D eigenvalue weighted by atomic mass is 9.45. The Morgan fingerprint density at radius 1 is 0.929 bits per heavy atom. The van der Waals surface area contributed by atoms with Gasteiger partial charge in [-0.3, -0.25) is 9.59 Å². The van der Waals surface area contributed by atoms with Gasteiger partial charge in [-0.05, 0) is 96.3 Å².